The molecule has 0 bridgehead atoms. The van der Waals surface area contributed by atoms with E-state index < -0.39 is 11.8 Å². The number of carbonyl (C=O) groups excluding carboxylic acids is 1. The summed E-state index contributed by atoms with van der Waals surface area (Å²) in [6.45, 7) is 7.24. The third-order valence-electron chi connectivity index (χ3n) is 8.22. The molecular formula is C39H47NO8S. The molecule has 1 aliphatic rings. The van der Waals surface area contributed by atoms with Crippen LogP contribution in [0.15, 0.2) is 83.8 Å². The van der Waals surface area contributed by atoms with Crippen LogP contribution in [-0.4, -0.2) is 69.7 Å². The van der Waals surface area contributed by atoms with E-state index >= 15 is 0 Å². The highest BCUT2D eigenvalue weighted by Crippen LogP contribution is 2.39. The number of rotatable bonds is 14. The van der Waals surface area contributed by atoms with E-state index in [1.165, 1.54) is 0 Å². The molecule has 1 aliphatic heterocycles. The van der Waals surface area contributed by atoms with Gasteiger partial charge in [0.15, 0.2) is 0 Å². The lowest BCUT2D eigenvalue weighted by Gasteiger charge is -2.37. The van der Waals surface area contributed by atoms with E-state index in [0.29, 0.717) is 26.1 Å². The Bertz CT molecular complexity index is 1670. The second-order valence-corrected chi connectivity index (χ2v) is 13.9. The van der Waals surface area contributed by atoms with Gasteiger partial charge in [0.25, 0.3) is 0 Å². The van der Waals surface area contributed by atoms with Crippen LogP contribution in [0.5, 0.6) is 23.0 Å². The molecule has 0 spiro atoms. The fourth-order valence-electron chi connectivity index (χ4n) is 5.96. The molecule has 1 heterocycles. The van der Waals surface area contributed by atoms with Gasteiger partial charge in [-0.2, -0.15) is 0 Å². The number of nitrogens with zero attached hydrogens (tertiary/aromatic N) is 1. The third kappa shape index (κ3) is 9.74. The Kier molecular flexibility index (Phi) is 12.6. The summed E-state index contributed by atoms with van der Waals surface area (Å²) < 4.78 is 35.2. The quantitative estimate of drug-likeness (QED) is 0.0729. The Morgan fingerprint density at radius 3 is 2.31 bits per heavy atom. The van der Waals surface area contributed by atoms with E-state index in [1.54, 1.807) is 38.2 Å². The van der Waals surface area contributed by atoms with Crippen molar-refractivity contribution in [3.8, 4) is 23.0 Å². The summed E-state index contributed by atoms with van der Waals surface area (Å²) in [5, 5.41) is 3.55. The largest absolute Gasteiger partial charge is 0.528 e. The predicted molar refractivity (Wildman–Crippen MR) is 192 cm³/mol. The lowest BCUT2D eigenvalue weighted by molar-refractivity contribution is -0.179. The van der Waals surface area contributed by atoms with Crippen molar-refractivity contribution in [3.05, 3.63) is 90.0 Å². The lowest BCUT2D eigenvalue weighted by Crippen LogP contribution is -2.45. The fraction of sp³-hybridized carbons (Fsp3) is 0.410. The van der Waals surface area contributed by atoms with E-state index in [1.807, 2.05) is 81.4 Å². The normalized spacial score (nSPS) is 16.6. The van der Waals surface area contributed by atoms with Gasteiger partial charge in [-0.15, -0.1) is 16.8 Å². The SMILES string of the molecule is COc1ccccc1SCCCOc1ccc(C2CCN(OC(=O)OC(C)(C)C)CC2OCc2cc(OC)c3ccccc3c2OC)cc1. The molecule has 2 atom stereocenters. The second kappa shape index (κ2) is 17.0. The molecule has 10 heteroatoms. The van der Waals surface area contributed by atoms with Crippen LogP contribution >= 0.6 is 11.8 Å². The summed E-state index contributed by atoms with van der Waals surface area (Å²) in [4.78, 5) is 19.3. The number of methoxy groups -OCH3 is 3. The van der Waals surface area contributed by atoms with E-state index in [-0.39, 0.29) is 18.6 Å². The Balaban J connectivity index is 1.26. The van der Waals surface area contributed by atoms with Gasteiger partial charge in [0.2, 0.25) is 0 Å². The minimum absolute atomic E-state index is 0.0538. The minimum Gasteiger partial charge on any atom is -0.496 e. The van der Waals surface area contributed by atoms with E-state index in [4.69, 9.17) is 33.3 Å². The third-order valence-corrected chi connectivity index (χ3v) is 9.36. The van der Waals surface area contributed by atoms with Crippen LogP contribution in [0.1, 0.15) is 50.7 Å². The first kappa shape index (κ1) is 36.2. The van der Waals surface area contributed by atoms with Crippen LogP contribution in [0.2, 0.25) is 0 Å². The Morgan fingerprint density at radius 2 is 1.59 bits per heavy atom. The second-order valence-electron chi connectivity index (χ2n) is 12.8. The van der Waals surface area contributed by atoms with Crippen molar-refractivity contribution in [3.63, 3.8) is 0 Å². The zero-order chi connectivity index (χ0) is 34.8. The first-order valence-corrected chi connectivity index (χ1v) is 17.6. The van der Waals surface area contributed by atoms with Crippen molar-refractivity contribution >= 4 is 28.7 Å². The predicted octanol–water partition coefficient (Wildman–Crippen LogP) is 8.67. The molecule has 49 heavy (non-hydrogen) atoms. The highest BCUT2D eigenvalue weighted by molar-refractivity contribution is 7.99. The number of fused-ring (bicyclic) bond motifs is 1. The average molecular weight is 690 g/mol. The van der Waals surface area contributed by atoms with Crippen molar-refractivity contribution in [2.45, 2.75) is 62.7 Å². The number of hydroxylamine groups is 2. The van der Waals surface area contributed by atoms with Gasteiger partial charge < -0.3 is 33.3 Å². The first-order valence-electron chi connectivity index (χ1n) is 16.6. The van der Waals surface area contributed by atoms with Gasteiger partial charge in [-0.25, -0.2) is 4.79 Å². The molecule has 0 N–H and O–H groups in total. The van der Waals surface area contributed by atoms with Crippen molar-refractivity contribution < 1.29 is 38.1 Å². The lowest BCUT2D eigenvalue weighted by atomic mass is 9.87. The highest BCUT2D eigenvalue weighted by Gasteiger charge is 2.34. The molecule has 1 fully saturated rings. The molecule has 1 saturated heterocycles. The number of thioether (sulfide) groups is 1. The molecule has 4 aromatic carbocycles. The van der Waals surface area contributed by atoms with Crippen LogP contribution < -0.4 is 18.9 Å². The molecule has 5 rings (SSSR count). The van der Waals surface area contributed by atoms with Gasteiger partial charge in [-0.05, 0) is 69.5 Å². The number of benzene rings is 4. The van der Waals surface area contributed by atoms with Crippen LogP contribution in [0.4, 0.5) is 4.79 Å². The molecule has 0 amide bonds. The van der Waals surface area contributed by atoms with Crippen molar-refractivity contribution in [2.75, 3.05) is 46.8 Å². The van der Waals surface area contributed by atoms with Crippen LogP contribution in [0.25, 0.3) is 10.8 Å². The maximum Gasteiger partial charge on any atom is 0.528 e. The minimum atomic E-state index is -0.728. The molecule has 9 nitrogen and oxygen atoms in total. The highest BCUT2D eigenvalue weighted by atomic mass is 32.2. The standard InChI is InChI=1S/C39H47NO8S/c1-39(2,3)47-38(41)48-40-21-20-30(27-16-18-29(19-17-27)45-22-11-23-49-36-15-10-9-14-33(36)42-4)35(25-40)46-26-28-24-34(43-5)31-12-7-8-13-32(31)37(28)44-6/h7-10,12-19,24,30,35H,11,20-23,25-26H2,1-6H3. The summed E-state index contributed by atoms with van der Waals surface area (Å²) >= 11 is 1.77. The van der Waals surface area contributed by atoms with E-state index in [9.17, 15) is 4.79 Å². The van der Waals surface area contributed by atoms with Gasteiger partial charge >= 0.3 is 6.16 Å². The maximum absolute atomic E-state index is 12.5. The molecule has 2 unspecified atom stereocenters. The van der Waals surface area contributed by atoms with Crippen LogP contribution in [-0.2, 0) is 20.9 Å². The van der Waals surface area contributed by atoms with Gasteiger partial charge in [0.1, 0.15) is 28.6 Å². The van der Waals surface area contributed by atoms with Crippen molar-refractivity contribution in [1.29, 1.82) is 0 Å². The number of para-hydroxylation sites is 1. The topological polar surface area (TPSA) is 84.9 Å². The number of hydrogen-bond donors (Lipinski definition) is 0. The van der Waals surface area contributed by atoms with Crippen molar-refractivity contribution in [2.24, 2.45) is 0 Å². The molecule has 0 aromatic heterocycles. The molecular weight excluding hydrogens is 642 g/mol. The van der Waals surface area contributed by atoms with Gasteiger partial charge in [0, 0.05) is 39.4 Å². The summed E-state index contributed by atoms with van der Waals surface area (Å²) in [6.07, 6.45) is 0.594. The number of ether oxygens (including phenoxy) is 6. The molecule has 0 saturated carbocycles. The zero-order valence-corrected chi connectivity index (χ0v) is 30.0. The molecule has 4 aromatic rings. The smallest absolute Gasteiger partial charge is 0.496 e. The summed E-state index contributed by atoms with van der Waals surface area (Å²) in [7, 11) is 5.03. The Labute approximate surface area is 293 Å². The van der Waals surface area contributed by atoms with Crippen molar-refractivity contribution in [1.82, 2.24) is 5.06 Å². The maximum atomic E-state index is 12.5. The number of hydrogen-bond acceptors (Lipinski definition) is 10. The molecule has 262 valence electrons. The Hall–Kier alpha value is -4.12. The number of carbonyl (C=O) groups is 1. The zero-order valence-electron chi connectivity index (χ0n) is 29.2. The fourth-order valence-corrected chi connectivity index (χ4v) is 6.91. The van der Waals surface area contributed by atoms with Crippen LogP contribution in [0, 0.1) is 0 Å². The van der Waals surface area contributed by atoms with Gasteiger partial charge in [-0.1, -0.05) is 48.5 Å². The van der Waals surface area contributed by atoms with Crippen LogP contribution in [0.3, 0.4) is 0 Å². The number of piperidine rings is 1. The van der Waals surface area contributed by atoms with E-state index in [2.05, 4.69) is 18.2 Å². The Morgan fingerprint density at radius 1 is 0.878 bits per heavy atom. The summed E-state index contributed by atoms with van der Waals surface area (Å²) in [5.41, 5.74) is 1.34. The first-order chi connectivity index (χ1) is 23.7. The van der Waals surface area contributed by atoms with Gasteiger partial charge in [-0.3, -0.25) is 0 Å². The average Bonchev–Trinajstić information content (AvgIpc) is 3.09. The van der Waals surface area contributed by atoms with E-state index in [0.717, 1.165) is 62.0 Å². The van der Waals surface area contributed by atoms with Gasteiger partial charge in [0.05, 0.1) is 47.2 Å². The summed E-state index contributed by atoms with van der Waals surface area (Å²) in [5.74, 6) is 4.19. The molecule has 0 radical (unpaired) electrons. The monoisotopic (exact) mass is 689 g/mol. The summed E-state index contributed by atoms with van der Waals surface area (Å²) in [6, 6.07) is 26.2. The molecule has 0 aliphatic carbocycles.